The van der Waals surface area contributed by atoms with Crippen molar-refractivity contribution < 1.29 is 9.90 Å². The number of carboxylic acid groups (broad SMARTS) is 1. The van der Waals surface area contributed by atoms with E-state index in [1.54, 1.807) is 0 Å². The molecule has 0 aliphatic carbocycles. The molecular formula is C7H14O2Sn. The Morgan fingerprint density at radius 2 is 1.80 bits per heavy atom. The van der Waals surface area contributed by atoms with E-state index in [0.717, 1.165) is 3.59 Å². The van der Waals surface area contributed by atoms with Crippen molar-refractivity contribution in [3.05, 3.63) is 9.67 Å². The first-order valence-corrected chi connectivity index (χ1v) is 13.2. The fourth-order valence-electron chi connectivity index (χ4n) is 0.402. The van der Waals surface area contributed by atoms with E-state index < -0.39 is 24.3 Å². The number of aliphatic carboxylic acids is 1. The van der Waals surface area contributed by atoms with Crippen LogP contribution in [-0.4, -0.2) is 29.5 Å². The SMILES string of the molecule is C/[C](=C/C(=O)O)[Sn]([CH3])([CH3])[CH3]. The first-order valence-electron chi connectivity index (χ1n) is 3.26. The van der Waals surface area contributed by atoms with Crippen molar-refractivity contribution in [1.82, 2.24) is 0 Å². The molecule has 10 heavy (non-hydrogen) atoms. The van der Waals surface area contributed by atoms with Gasteiger partial charge in [0.15, 0.2) is 0 Å². The summed E-state index contributed by atoms with van der Waals surface area (Å²) in [6.45, 7) is 1.92. The number of hydrogen-bond acceptors (Lipinski definition) is 1. The molecule has 0 amide bonds. The Labute approximate surface area is 65.8 Å². The molecule has 1 N–H and O–H groups in total. The van der Waals surface area contributed by atoms with Crippen LogP contribution in [0.15, 0.2) is 9.67 Å². The molecule has 0 aromatic heterocycles. The van der Waals surface area contributed by atoms with Crippen molar-refractivity contribution in [1.29, 1.82) is 0 Å². The van der Waals surface area contributed by atoms with Gasteiger partial charge in [0.2, 0.25) is 0 Å². The number of carbonyl (C=O) groups is 1. The first-order chi connectivity index (χ1) is 4.34. The third kappa shape index (κ3) is 3.93. The number of rotatable bonds is 2. The summed E-state index contributed by atoms with van der Waals surface area (Å²) in [5, 5.41) is 8.40. The molecule has 58 valence electrons. The fourth-order valence-corrected chi connectivity index (χ4v) is 1.99. The molecule has 0 aromatic carbocycles. The van der Waals surface area contributed by atoms with E-state index in [0.29, 0.717) is 0 Å². The first kappa shape index (κ1) is 10.0. The molecule has 0 radical (unpaired) electrons. The minimum absolute atomic E-state index is 0.816. The molecule has 0 saturated heterocycles. The molecule has 0 aliphatic rings. The molecule has 0 bridgehead atoms. The van der Waals surface area contributed by atoms with Crippen LogP contribution in [0.3, 0.4) is 0 Å². The number of hydrogen-bond donors (Lipinski definition) is 1. The molecule has 0 fully saturated rings. The van der Waals surface area contributed by atoms with Gasteiger partial charge in [-0.05, 0) is 0 Å². The van der Waals surface area contributed by atoms with E-state index >= 15 is 0 Å². The second kappa shape index (κ2) is 3.41. The third-order valence-electron chi connectivity index (χ3n) is 1.52. The summed E-state index contributed by atoms with van der Waals surface area (Å²) in [7, 11) is 0. The van der Waals surface area contributed by atoms with E-state index in [1.165, 1.54) is 6.08 Å². The Morgan fingerprint density at radius 3 is 1.90 bits per heavy atom. The van der Waals surface area contributed by atoms with Crippen molar-refractivity contribution in [3.63, 3.8) is 0 Å². The van der Waals surface area contributed by atoms with Gasteiger partial charge in [-0.3, -0.25) is 0 Å². The van der Waals surface area contributed by atoms with Crippen LogP contribution in [0.1, 0.15) is 6.92 Å². The van der Waals surface area contributed by atoms with Gasteiger partial charge in [-0.2, -0.15) is 0 Å². The van der Waals surface area contributed by atoms with Crippen molar-refractivity contribution in [3.8, 4) is 0 Å². The summed E-state index contributed by atoms with van der Waals surface area (Å²) in [6.07, 6.45) is 1.34. The van der Waals surface area contributed by atoms with Crippen LogP contribution in [0, 0.1) is 0 Å². The van der Waals surface area contributed by atoms with E-state index in [9.17, 15) is 4.79 Å². The van der Waals surface area contributed by atoms with Gasteiger partial charge >= 0.3 is 65.7 Å². The Morgan fingerprint density at radius 1 is 1.40 bits per heavy atom. The average molecular weight is 249 g/mol. The molecule has 0 unspecified atom stereocenters. The van der Waals surface area contributed by atoms with E-state index in [2.05, 4.69) is 14.8 Å². The van der Waals surface area contributed by atoms with Gasteiger partial charge in [-0.1, -0.05) is 0 Å². The normalized spacial score (nSPS) is 13.4. The zero-order valence-electron chi connectivity index (χ0n) is 6.93. The van der Waals surface area contributed by atoms with Crippen LogP contribution < -0.4 is 0 Å². The summed E-state index contributed by atoms with van der Waals surface area (Å²) in [5.41, 5.74) is 0. The molecule has 0 atom stereocenters. The molecule has 0 heterocycles. The van der Waals surface area contributed by atoms with Gasteiger partial charge in [-0.15, -0.1) is 0 Å². The van der Waals surface area contributed by atoms with Crippen LogP contribution in [0.25, 0.3) is 0 Å². The molecule has 0 spiro atoms. The maximum absolute atomic E-state index is 10.2. The maximum atomic E-state index is 10.2. The summed E-state index contributed by atoms with van der Waals surface area (Å²) in [4.78, 5) is 16.8. The van der Waals surface area contributed by atoms with E-state index in [1.807, 2.05) is 6.92 Å². The van der Waals surface area contributed by atoms with Gasteiger partial charge in [0.1, 0.15) is 0 Å². The Bertz CT molecular complexity index is 165. The topological polar surface area (TPSA) is 37.3 Å². The number of carboxylic acids is 1. The minimum atomic E-state index is -2.02. The van der Waals surface area contributed by atoms with Crippen LogP contribution in [0.5, 0.6) is 0 Å². The number of allylic oxidation sites excluding steroid dienone is 1. The fraction of sp³-hybridized carbons (Fsp3) is 0.571. The Kier molecular flexibility index (Phi) is 3.42. The molecule has 0 aliphatic heterocycles. The predicted octanol–water partition coefficient (Wildman–Crippen LogP) is 1.89. The molecule has 0 saturated carbocycles. The van der Waals surface area contributed by atoms with Crippen molar-refractivity contribution in [2.45, 2.75) is 21.7 Å². The van der Waals surface area contributed by atoms with Crippen molar-refractivity contribution >= 4 is 24.3 Å². The van der Waals surface area contributed by atoms with Crippen molar-refractivity contribution in [2.24, 2.45) is 0 Å². The predicted molar refractivity (Wildman–Crippen MR) is 44.7 cm³/mol. The zero-order chi connectivity index (χ0) is 8.36. The second-order valence-corrected chi connectivity index (χ2v) is 18.5. The third-order valence-corrected chi connectivity index (χ3v) is 8.69. The van der Waals surface area contributed by atoms with Crippen LogP contribution in [-0.2, 0) is 4.79 Å². The molecule has 3 heteroatoms. The summed E-state index contributed by atoms with van der Waals surface area (Å²) in [6, 6.07) is 0. The van der Waals surface area contributed by atoms with Gasteiger partial charge in [-0.25, -0.2) is 0 Å². The second-order valence-electron chi connectivity index (χ2n) is 3.42. The van der Waals surface area contributed by atoms with E-state index in [-0.39, 0.29) is 0 Å². The van der Waals surface area contributed by atoms with Gasteiger partial charge in [0, 0.05) is 0 Å². The average Bonchev–Trinajstić information content (AvgIpc) is 1.60. The Balaban J connectivity index is 4.35. The molecule has 0 aromatic rings. The molecular weight excluding hydrogens is 235 g/mol. The van der Waals surface area contributed by atoms with Crippen molar-refractivity contribution in [2.75, 3.05) is 0 Å². The molecule has 0 rings (SSSR count). The quantitative estimate of drug-likeness (QED) is 0.599. The summed E-state index contributed by atoms with van der Waals surface area (Å²) >= 11 is -2.02. The standard InChI is InChI=1S/C4H5O2.3CH3.Sn/c1-2-3-4(5)6;;;;/h3H,1H3,(H,5,6);3*1H3;. The van der Waals surface area contributed by atoms with Gasteiger partial charge in [0.05, 0.1) is 0 Å². The Hall–Kier alpha value is 0.00870. The summed E-state index contributed by atoms with van der Waals surface area (Å²) < 4.78 is 1.10. The van der Waals surface area contributed by atoms with Gasteiger partial charge in [0.25, 0.3) is 0 Å². The van der Waals surface area contributed by atoms with Gasteiger partial charge < -0.3 is 0 Å². The summed E-state index contributed by atoms with van der Waals surface area (Å²) in [5.74, 6) is -0.816. The zero-order valence-corrected chi connectivity index (χ0v) is 9.79. The van der Waals surface area contributed by atoms with Crippen LogP contribution >= 0.6 is 0 Å². The van der Waals surface area contributed by atoms with Crippen LogP contribution in [0.4, 0.5) is 0 Å². The van der Waals surface area contributed by atoms with E-state index in [4.69, 9.17) is 5.11 Å². The monoisotopic (exact) mass is 250 g/mol. The molecule has 2 nitrogen and oxygen atoms in total. The van der Waals surface area contributed by atoms with Crippen LogP contribution in [0.2, 0.25) is 14.8 Å².